The minimum atomic E-state index is -0.379. The third kappa shape index (κ3) is 1.41. The molecule has 2 rings (SSSR count). The predicted octanol–water partition coefficient (Wildman–Crippen LogP) is 1.82. The Morgan fingerprint density at radius 1 is 1.44 bits per heavy atom. The van der Waals surface area contributed by atoms with E-state index in [1.54, 1.807) is 14.0 Å². The Kier molecular flexibility index (Phi) is 2.30. The number of phenolic OH excluding ortho intramolecular Hbond substituents is 1. The van der Waals surface area contributed by atoms with Gasteiger partial charge in [-0.15, -0.1) is 0 Å². The zero-order valence-electron chi connectivity index (χ0n) is 9.03. The van der Waals surface area contributed by atoms with Crippen LogP contribution in [-0.2, 0) is 7.05 Å². The molecule has 1 heterocycles. The fraction of sp³-hybridized carbons (Fsp3) is 0.182. The molecule has 0 aliphatic carbocycles. The van der Waals surface area contributed by atoms with Gasteiger partial charge in [-0.2, -0.15) is 5.10 Å². The summed E-state index contributed by atoms with van der Waals surface area (Å²) in [7, 11) is 1.69. The fourth-order valence-corrected chi connectivity index (χ4v) is 1.65. The number of hydrogen-bond donors (Lipinski definition) is 2. The number of nitrogen functional groups attached to an aromatic ring is 1. The molecule has 0 amide bonds. The van der Waals surface area contributed by atoms with E-state index < -0.39 is 0 Å². The van der Waals surface area contributed by atoms with Crippen molar-refractivity contribution in [1.29, 1.82) is 0 Å². The highest BCUT2D eigenvalue weighted by Gasteiger charge is 2.16. The van der Waals surface area contributed by atoms with E-state index in [1.807, 2.05) is 0 Å². The summed E-state index contributed by atoms with van der Waals surface area (Å²) in [6.07, 6.45) is 1.51. The van der Waals surface area contributed by atoms with Gasteiger partial charge in [0.15, 0.2) is 0 Å². The first-order valence-corrected chi connectivity index (χ1v) is 4.78. The lowest BCUT2D eigenvalue weighted by atomic mass is 10.0. The molecular weight excluding hydrogens is 209 g/mol. The average Bonchev–Trinajstić information content (AvgIpc) is 2.56. The molecule has 0 unspecified atom stereocenters. The second-order valence-electron chi connectivity index (χ2n) is 3.63. The van der Waals surface area contributed by atoms with E-state index in [1.165, 1.54) is 23.0 Å². The molecule has 2 aromatic rings. The summed E-state index contributed by atoms with van der Waals surface area (Å²) in [4.78, 5) is 0. The average molecular weight is 221 g/mol. The minimum Gasteiger partial charge on any atom is -0.507 e. The van der Waals surface area contributed by atoms with E-state index in [0.29, 0.717) is 22.5 Å². The highest BCUT2D eigenvalue weighted by atomic mass is 19.1. The van der Waals surface area contributed by atoms with Gasteiger partial charge in [0.2, 0.25) is 0 Å². The molecule has 0 fully saturated rings. The third-order valence-corrected chi connectivity index (χ3v) is 2.63. The Morgan fingerprint density at radius 2 is 2.12 bits per heavy atom. The van der Waals surface area contributed by atoms with Crippen LogP contribution in [-0.4, -0.2) is 14.9 Å². The quantitative estimate of drug-likeness (QED) is 0.772. The number of phenols is 1. The van der Waals surface area contributed by atoms with Crippen molar-refractivity contribution in [1.82, 2.24) is 9.78 Å². The Morgan fingerprint density at radius 3 is 2.69 bits per heavy atom. The van der Waals surface area contributed by atoms with Gasteiger partial charge in [0.25, 0.3) is 0 Å². The summed E-state index contributed by atoms with van der Waals surface area (Å²) in [5.74, 6) is 0.0126. The minimum absolute atomic E-state index is 0.00130. The van der Waals surface area contributed by atoms with Crippen molar-refractivity contribution < 1.29 is 9.50 Å². The third-order valence-electron chi connectivity index (χ3n) is 2.63. The van der Waals surface area contributed by atoms with Gasteiger partial charge in [-0.25, -0.2) is 4.39 Å². The SMILES string of the molecule is Cc1c(F)ccc(O)c1-c1cnn(C)c1N. The maximum atomic E-state index is 13.4. The van der Waals surface area contributed by atoms with Crippen molar-refractivity contribution in [3.63, 3.8) is 0 Å². The molecule has 16 heavy (non-hydrogen) atoms. The normalized spacial score (nSPS) is 10.7. The number of nitrogens with zero attached hydrogens (tertiary/aromatic N) is 2. The van der Waals surface area contributed by atoms with Gasteiger partial charge in [-0.3, -0.25) is 4.68 Å². The van der Waals surface area contributed by atoms with Gasteiger partial charge in [-0.1, -0.05) is 0 Å². The lowest BCUT2D eigenvalue weighted by Crippen LogP contribution is -1.99. The molecule has 3 N–H and O–H groups in total. The zero-order chi connectivity index (χ0) is 11.9. The topological polar surface area (TPSA) is 64.1 Å². The number of rotatable bonds is 1. The number of halogens is 1. The summed E-state index contributed by atoms with van der Waals surface area (Å²) < 4.78 is 14.9. The first kappa shape index (κ1) is 10.5. The lowest BCUT2D eigenvalue weighted by molar-refractivity contribution is 0.474. The molecule has 0 saturated heterocycles. The van der Waals surface area contributed by atoms with Crippen LogP contribution < -0.4 is 5.73 Å². The summed E-state index contributed by atoms with van der Waals surface area (Å²) in [6.45, 7) is 1.59. The van der Waals surface area contributed by atoms with Crippen LogP contribution in [0.25, 0.3) is 11.1 Å². The van der Waals surface area contributed by atoms with E-state index in [0.717, 1.165) is 0 Å². The zero-order valence-corrected chi connectivity index (χ0v) is 9.03. The van der Waals surface area contributed by atoms with Crippen molar-refractivity contribution in [2.24, 2.45) is 7.05 Å². The molecule has 0 atom stereocenters. The number of anilines is 1. The Bertz CT molecular complexity index is 548. The Hall–Kier alpha value is -2.04. The van der Waals surface area contributed by atoms with Crippen LogP contribution in [0.5, 0.6) is 5.75 Å². The molecule has 0 bridgehead atoms. The molecule has 0 saturated carbocycles. The Labute approximate surface area is 92.1 Å². The molecule has 0 radical (unpaired) electrons. The van der Waals surface area contributed by atoms with E-state index in [4.69, 9.17) is 5.73 Å². The molecular formula is C11H12FN3O. The van der Waals surface area contributed by atoms with E-state index >= 15 is 0 Å². The van der Waals surface area contributed by atoms with Crippen LogP contribution in [0.2, 0.25) is 0 Å². The Balaban J connectivity index is 2.73. The molecule has 1 aromatic carbocycles. The second-order valence-corrected chi connectivity index (χ2v) is 3.63. The molecule has 0 aliphatic rings. The highest BCUT2D eigenvalue weighted by molar-refractivity contribution is 5.80. The van der Waals surface area contributed by atoms with Gasteiger partial charge in [0, 0.05) is 18.2 Å². The molecule has 4 nitrogen and oxygen atoms in total. The van der Waals surface area contributed by atoms with Crippen molar-refractivity contribution >= 4 is 5.82 Å². The summed E-state index contributed by atoms with van der Waals surface area (Å²) >= 11 is 0. The molecule has 0 aliphatic heterocycles. The van der Waals surface area contributed by atoms with Crippen molar-refractivity contribution in [2.75, 3.05) is 5.73 Å². The van der Waals surface area contributed by atoms with Gasteiger partial charge < -0.3 is 10.8 Å². The van der Waals surface area contributed by atoms with Crippen LogP contribution >= 0.6 is 0 Å². The first-order valence-electron chi connectivity index (χ1n) is 4.78. The molecule has 84 valence electrons. The number of aromatic nitrogens is 2. The summed E-state index contributed by atoms with van der Waals surface area (Å²) in [6, 6.07) is 2.53. The van der Waals surface area contributed by atoms with Crippen LogP contribution in [0.1, 0.15) is 5.56 Å². The fourth-order valence-electron chi connectivity index (χ4n) is 1.65. The van der Waals surface area contributed by atoms with Crippen molar-refractivity contribution in [3.05, 3.63) is 29.7 Å². The van der Waals surface area contributed by atoms with Crippen LogP contribution in [0.3, 0.4) is 0 Å². The van der Waals surface area contributed by atoms with Crippen LogP contribution in [0.4, 0.5) is 10.2 Å². The number of nitrogens with two attached hydrogens (primary N) is 1. The van der Waals surface area contributed by atoms with Crippen molar-refractivity contribution in [2.45, 2.75) is 6.92 Å². The monoisotopic (exact) mass is 221 g/mol. The van der Waals surface area contributed by atoms with E-state index in [2.05, 4.69) is 5.10 Å². The van der Waals surface area contributed by atoms with Gasteiger partial charge >= 0.3 is 0 Å². The van der Waals surface area contributed by atoms with Crippen LogP contribution in [0, 0.1) is 12.7 Å². The lowest BCUT2D eigenvalue weighted by Gasteiger charge is -2.08. The van der Waals surface area contributed by atoms with Gasteiger partial charge in [0.05, 0.1) is 6.20 Å². The van der Waals surface area contributed by atoms with Gasteiger partial charge in [-0.05, 0) is 24.6 Å². The first-order chi connectivity index (χ1) is 7.52. The van der Waals surface area contributed by atoms with Crippen LogP contribution in [0.15, 0.2) is 18.3 Å². The van der Waals surface area contributed by atoms with E-state index in [-0.39, 0.29) is 11.6 Å². The molecule has 1 aromatic heterocycles. The standard InChI is InChI=1S/C11H12FN3O/c1-6-8(12)3-4-9(16)10(6)7-5-14-15(2)11(7)13/h3-5,16H,13H2,1-2H3. The second kappa shape index (κ2) is 3.52. The largest absolute Gasteiger partial charge is 0.507 e. The molecule has 5 heteroatoms. The van der Waals surface area contributed by atoms with Gasteiger partial charge in [0.1, 0.15) is 17.4 Å². The summed E-state index contributed by atoms with van der Waals surface area (Å²) in [5.41, 5.74) is 7.08. The summed E-state index contributed by atoms with van der Waals surface area (Å²) in [5, 5.41) is 13.7. The van der Waals surface area contributed by atoms with Crippen molar-refractivity contribution in [3.8, 4) is 16.9 Å². The maximum Gasteiger partial charge on any atom is 0.129 e. The predicted molar refractivity (Wildman–Crippen MR) is 59.4 cm³/mol. The number of hydrogen-bond acceptors (Lipinski definition) is 3. The smallest absolute Gasteiger partial charge is 0.129 e. The number of aromatic hydroxyl groups is 1. The number of aryl methyl sites for hydroxylation is 1. The number of benzene rings is 1. The highest BCUT2D eigenvalue weighted by Crippen LogP contribution is 2.36. The molecule has 0 spiro atoms. The maximum absolute atomic E-state index is 13.4. The van der Waals surface area contributed by atoms with E-state index in [9.17, 15) is 9.50 Å².